The van der Waals surface area contributed by atoms with Crippen molar-refractivity contribution >= 4 is 11.3 Å². The molecule has 0 saturated heterocycles. The second-order valence-electron chi connectivity index (χ2n) is 6.08. The summed E-state index contributed by atoms with van der Waals surface area (Å²) in [6.45, 7) is 1.61. The lowest BCUT2D eigenvalue weighted by Gasteiger charge is -2.22. The van der Waals surface area contributed by atoms with Crippen LogP contribution < -0.4 is 0 Å². The molecule has 0 amide bonds. The standard InChI is InChI=1S/C17H21FN2OS/c1-20(9-12-5-4-8-16(12)21)10-13-11-22-17(19-13)14-6-2-3-7-15(14)18/h2-3,6-7,11-12,16,21H,4-5,8-10H2,1H3. The van der Waals surface area contributed by atoms with E-state index in [1.54, 1.807) is 12.1 Å². The number of rotatable bonds is 5. The summed E-state index contributed by atoms with van der Waals surface area (Å²) >= 11 is 1.47. The molecule has 1 aromatic carbocycles. The van der Waals surface area contributed by atoms with Gasteiger partial charge in [0.2, 0.25) is 0 Å². The Labute approximate surface area is 134 Å². The van der Waals surface area contributed by atoms with Gasteiger partial charge in [0.25, 0.3) is 0 Å². The fourth-order valence-corrected chi connectivity index (χ4v) is 3.95. The van der Waals surface area contributed by atoms with Gasteiger partial charge >= 0.3 is 0 Å². The fraction of sp³-hybridized carbons (Fsp3) is 0.471. The van der Waals surface area contributed by atoms with Gasteiger partial charge in [0.05, 0.1) is 11.8 Å². The average molecular weight is 320 g/mol. The molecule has 1 aliphatic rings. The lowest BCUT2D eigenvalue weighted by molar-refractivity contribution is 0.107. The Hall–Kier alpha value is -1.30. The average Bonchev–Trinajstić information content (AvgIpc) is 3.10. The van der Waals surface area contributed by atoms with Gasteiger partial charge in [-0.05, 0) is 37.9 Å². The molecule has 1 heterocycles. The van der Waals surface area contributed by atoms with E-state index in [9.17, 15) is 9.50 Å². The lowest BCUT2D eigenvalue weighted by atomic mass is 10.1. The van der Waals surface area contributed by atoms with Crippen molar-refractivity contribution in [3.8, 4) is 10.6 Å². The highest BCUT2D eigenvalue weighted by Gasteiger charge is 2.26. The Morgan fingerprint density at radius 2 is 2.18 bits per heavy atom. The van der Waals surface area contributed by atoms with Crippen LogP contribution in [-0.2, 0) is 6.54 Å². The molecule has 3 rings (SSSR count). The second kappa shape index (κ2) is 6.86. The number of nitrogens with zero attached hydrogens (tertiary/aromatic N) is 2. The monoisotopic (exact) mass is 320 g/mol. The number of benzene rings is 1. The molecule has 118 valence electrons. The van der Waals surface area contributed by atoms with Crippen molar-refractivity contribution in [1.29, 1.82) is 0 Å². The third kappa shape index (κ3) is 3.54. The number of aromatic nitrogens is 1. The predicted octanol–water partition coefficient (Wildman–Crippen LogP) is 3.54. The van der Waals surface area contributed by atoms with Crippen LogP contribution in [0.4, 0.5) is 4.39 Å². The Kier molecular flexibility index (Phi) is 4.86. The number of thiazole rings is 1. The Morgan fingerprint density at radius 1 is 1.36 bits per heavy atom. The van der Waals surface area contributed by atoms with Crippen molar-refractivity contribution in [3.05, 3.63) is 41.2 Å². The van der Waals surface area contributed by atoms with E-state index in [0.717, 1.165) is 43.1 Å². The van der Waals surface area contributed by atoms with Crippen LogP contribution in [0.2, 0.25) is 0 Å². The molecule has 3 nitrogen and oxygen atoms in total. The highest BCUT2D eigenvalue weighted by Crippen LogP contribution is 2.28. The minimum absolute atomic E-state index is 0.160. The van der Waals surface area contributed by atoms with E-state index >= 15 is 0 Å². The van der Waals surface area contributed by atoms with Gasteiger partial charge in [0.1, 0.15) is 10.8 Å². The van der Waals surface area contributed by atoms with Crippen LogP contribution in [0.25, 0.3) is 10.6 Å². The molecule has 0 radical (unpaired) electrons. The molecule has 1 saturated carbocycles. The van der Waals surface area contributed by atoms with Crippen molar-refractivity contribution in [2.45, 2.75) is 31.9 Å². The Bertz CT molecular complexity index is 631. The van der Waals surface area contributed by atoms with Crippen LogP contribution in [0.5, 0.6) is 0 Å². The zero-order valence-corrected chi connectivity index (χ0v) is 13.5. The summed E-state index contributed by atoms with van der Waals surface area (Å²) in [7, 11) is 2.05. The summed E-state index contributed by atoms with van der Waals surface area (Å²) in [5.74, 6) is 0.139. The number of halogens is 1. The molecule has 22 heavy (non-hydrogen) atoms. The zero-order valence-electron chi connectivity index (χ0n) is 12.7. The summed E-state index contributed by atoms with van der Waals surface area (Å²) in [6.07, 6.45) is 2.98. The molecule has 0 spiro atoms. The van der Waals surface area contributed by atoms with Gasteiger partial charge in [-0.3, -0.25) is 0 Å². The van der Waals surface area contributed by atoms with Gasteiger partial charge in [-0.2, -0.15) is 0 Å². The first-order valence-corrected chi connectivity index (χ1v) is 8.57. The number of aliphatic hydroxyl groups excluding tert-OH is 1. The molecule has 5 heteroatoms. The topological polar surface area (TPSA) is 36.4 Å². The molecular formula is C17H21FN2OS. The summed E-state index contributed by atoms with van der Waals surface area (Å²) in [6, 6.07) is 6.74. The quantitative estimate of drug-likeness (QED) is 0.915. The van der Waals surface area contributed by atoms with Crippen molar-refractivity contribution in [1.82, 2.24) is 9.88 Å². The highest BCUT2D eigenvalue weighted by molar-refractivity contribution is 7.13. The first-order valence-electron chi connectivity index (χ1n) is 7.69. The third-order valence-electron chi connectivity index (χ3n) is 4.25. The molecule has 1 N–H and O–H groups in total. The zero-order chi connectivity index (χ0) is 15.5. The first-order chi connectivity index (χ1) is 10.6. The number of hydrogen-bond donors (Lipinski definition) is 1. The van der Waals surface area contributed by atoms with Gasteiger partial charge in [-0.25, -0.2) is 9.37 Å². The van der Waals surface area contributed by atoms with Gasteiger partial charge < -0.3 is 10.0 Å². The van der Waals surface area contributed by atoms with Gasteiger partial charge in [-0.1, -0.05) is 18.6 Å². The molecule has 2 unspecified atom stereocenters. The van der Waals surface area contributed by atoms with Crippen LogP contribution in [0, 0.1) is 11.7 Å². The van der Waals surface area contributed by atoms with Crippen molar-refractivity contribution in [3.63, 3.8) is 0 Å². The second-order valence-corrected chi connectivity index (χ2v) is 6.94. The normalized spacial score (nSPS) is 21.6. The smallest absolute Gasteiger partial charge is 0.133 e. The van der Waals surface area contributed by atoms with Crippen LogP contribution in [0.3, 0.4) is 0 Å². The molecule has 2 aromatic rings. The van der Waals surface area contributed by atoms with Crippen molar-refractivity contribution in [2.75, 3.05) is 13.6 Å². The van der Waals surface area contributed by atoms with E-state index in [-0.39, 0.29) is 11.9 Å². The predicted molar refractivity (Wildman–Crippen MR) is 87.2 cm³/mol. The van der Waals surface area contributed by atoms with E-state index in [4.69, 9.17) is 0 Å². The van der Waals surface area contributed by atoms with Crippen molar-refractivity contribution in [2.24, 2.45) is 5.92 Å². The van der Waals surface area contributed by atoms with Crippen LogP contribution >= 0.6 is 11.3 Å². The SMILES string of the molecule is CN(Cc1csc(-c2ccccc2F)n1)CC1CCCC1O. The maximum atomic E-state index is 13.8. The molecule has 1 aliphatic carbocycles. The van der Waals surface area contributed by atoms with Crippen LogP contribution in [-0.4, -0.2) is 34.7 Å². The van der Waals surface area contributed by atoms with Crippen molar-refractivity contribution < 1.29 is 9.50 Å². The minimum atomic E-state index is -0.231. The maximum absolute atomic E-state index is 13.8. The first kappa shape index (κ1) is 15.6. The largest absolute Gasteiger partial charge is 0.393 e. The Morgan fingerprint density at radius 3 is 2.91 bits per heavy atom. The number of hydrogen-bond acceptors (Lipinski definition) is 4. The van der Waals surface area contributed by atoms with Gasteiger partial charge in [-0.15, -0.1) is 11.3 Å². The summed E-state index contributed by atoms with van der Waals surface area (Å²) in [4.78, 5) is 6.74. The third-order valence-corrected chi connectivity index (χ3v) is 5.18. The van der Waals surface area contributed by atoms with Gasteiger partial charge in [0, 0.05) is 24.0 Å². The molecule has 2 atom stereocenters. The van der Waals surface area contributed by atoms with E-state index in [1.165, 1.54) is 17.4 Å². The summed E-state index contributed by atoms with van der Waals surface area (Å²) < 4.78 is 13.8. The Balaban J connectivity index is 1.63. The minimum Gasteiger partial charge on any atom is -0.393 e. The molecule has 0 bridgehead atoms. The van der Waals surface area contributed by atoms with Crippen LogP contribution in [0.15, 0.2) is 29.6 Å². The lowest BCUT2D eigenvalue weighted by Crippen LogP contribution is -2.29. The van der Waals surface area contributed by atoms with Crippen LogP contribution in [0.1, 0.15) is 25.0 Å². The molecule has 1 aromatic heterocycles. The van der Waals surface area contributed by atoms with Gasteiger partial charge in [0.15, 0.2) is 0 Å². The molecule has 0 aliphatic heterocycles. The highest BCUT2D eigenvalue weighted by atomic mass is 32.1. The summed E-state index contributed by atoms with van der Waals surface area (Å²) in [5.41, 5.74) is 1.52. The fourth-order valence-electron chi connectivity index (χ4n) is 3.11. The van der Waals surface area contributed by atoms with E-state index in [2.05, 4.69) is 9.88 Å². The maximum Gasteiger partial charge on any atom is 0.133 e. The van der Waals surface area contributed by atoms with E-state index < -0.39 is 0 Å². The number of aliphatic hydroxyl groups is 1. The van der Waals surface area contributed by atoms with E-state index in [1.807, 2.05) is 18.5 Å². The summed E-state index contributed by atoms with van der Waals surface area (Å²) in [5, 5.41) is 12.6. The van der Waals surface area contributed by atoms with E-state index in [0.29, 0.717) is 11.5 Å². The molecular weight excluding hydrogens is 299 g/mol. The molecule has 1 fully saturated rings.